The first-order valence-electron chi connectivity index (χ1n) is 10.3. The lowest BCUT2D eigenvalue weighted by Gasteiger charge is -2.33. The van der Waals surface area contributed by atoms with Crippen LogP contribution in [-0.4, -0.2) is 33.7 Å². The highest BCUT2D eigenvalue weighted by Gasteiger charge is 2.54. The summed E-state index contributed by atoms with van der Waals surface area (Å²) < 4.78 is 2.11. The fourth-order valence-corrected chi connectivity index (χ4v) is 4.83. The number of hydrogen-bond donors (Lipinski definition) is 1. The van der Waals surface area contributed by atoms with Crippen LogP contribution in [0.3, 0.4) is 0 Å². The van der Waals surface area contributed by atoms with E-state index in [0.717, 1.165) is 53.2 Å². The van der Waals surface area contributed by atoms with Gasteiger partial charge in [-0.2, -0.15) is 0 Å². The van der Waals surface area contributed by atoms with Crippen molar-refractivity contribution in [3.8, 4) is 0 Å². The van der Waals surface area contributed by atoms with Crippen molar-refractivity contribution in [2.45, 2.75) is 58.5 Å². The minimum atomic E-state index is -1.04. The minimum absolute atomic E-state index is 0.204. The number of amides is 3. The number of urea groups is 1. The lowest BCUT2D eigenvalue weighted by atomic mass is 9.76. The van der Waals surface area contributed by atoms with Gasteiger partial charge in [-0.3, -0.25) is 14.5 Å². The third kappa shape index (κ3) is 2.98. The maximum Gasteiger partial charge on any atom is 0.325 e. The lowest BCUT2D eigenvalue weighted by Crippen LogP contribution is -2.46. The molecule has 1 fully saturated rings. The fraction of sp³-hybridized carbons (Fsp3) is 0.435. The summed E-state index contributed by atoms with van der Waals surface area (Å²) in [6.07, 6.45) is 3.25. The molecule has 1 N–H and O–H groups in total. The smallest absolute Gasteiger partial charge is 0.325 e. The number of nitrogens with zero attached hydrogens (tertiary/aromatic N) is 2. The summed E-state index contributed by atoms with van der Waals surface area (Å²) in [5.41, 5.74) is 3.40. The molecule has 6 heteroatoms. The summed E-state index contributed by atoms with van der Waals surface area (Å²) in [7, 11) is 0. The number of rotatable bonds is 5. The van der Waals surface area contributed by atoms with E-state index in [1.807, 2.05) is 44.2 Å². The number of benzene rings is 1. The van der Waals surface area contributed by atoms with Gasteiger partial charge in [-0.25, -0.2) is 4.79 Å². The topological polar surface area (TPSA) is 71.4 Å². The zero-order valence-corrected chi connectivity index (χ0v) is 17.2. The summed E-state index contributed by atoms with van der Waals surface area (Å²) in [5, 5.41) is 2.91. The highest BCUT2D eigenvalue weighted by Crippen LogP contribution is 2.39. The van der Waals surface area contributed by atoms with Gasteiger partial charge in [0.2, 0.25) is 0 Å². The second-order valence-corrected chi connectivity index (χ2v) is 8.10. The number of imide groups is 1. The summed E-state index contributed by atoms with van der Waals surface area (Å²) >= 11 is 0. The summed E-state index contributed by atoms with van der Waals surface area (Å²) in [5.74, 6) is -0.518. The number of ketones is 1. The van der Waals surface area contributed by atoms with Crippen LogP contribution in [0, 0.1) is 13.8 Å². The molecule has 0 unspecified atom stereocenters. The standard InChI is InChI=1S/C23H27N3O3/c1-4-12-25-15(2)13-18(16(25)3)20(27)14-26-21(28)23(24-22(26)29)11-7-9-17-8-5-6-10-19(17)23/h5-6,8,10,13H,4,7,9,11-12,14H2,1-3H3,(H,24,29)/t23-/m1/s1. The number of carbonyl (C=O) groups is 3. The maximum absolute atomic E-state index is 13.4. The molecule has 2 aliphatic rings. The van der Waals surface area contributed by atoms with Gasteiger partial charge in [0, 0.05) is 23.5 Å². The summed E-state index contributed by atoms with van der Waals surface area (Å²) in [4.78, 5) is 40.2. The molecule has 0 bridgehead atoms. The highest BCUT2D eigenvalue weighted by atomic mass is 16.2. The Labute approximate surface area is 170 Å². The Morgan fingerprint density at radius 1 is 1.21 bits per heavy atom. The minimum Gasteiger partial charge on any atom is -0.348 e. The van der Waals surface area contributed by atoms with Crippen molar-refractivity contribution in [2.75, 3.05) is 6.54 Å². The first kappa shape index (κ1) is 19.4. The molecule has 4 rings (SSSR count). The molecule has 0 saturated carbocycles. The molecule has 2 heterocycles. The van der Waals surface area contributed by atoms with E-state index in [0.29, 0.717) is 12.0 Å². The number of aryl methyl sites for hydroxylation is 2. The van der Waals surface area contributed by atoms with Crippen molar-refractivity contribution in [3.63, 3.8) is 0 Å². The van der Waals surface area contributed by atoms with Crippen LogP contribution in [0.5, 0.6) is 0 Å². The molecular formula is C23H27N3O3. The molecule has 1 aromatic carbocycles. The normalized spacial score (nSPS) is 20.9. The van der Waals surface area contributed by atoms with Crippen molar-refractivity contribution in [1.29, 1.82) is 0 Å². The van der Waals surface area contributed by atoms with E-state index < -0.39 is 11.6 Å². The lowest BCUT2D eigenvalue weighted by molar-refractivity contribution is -0.131. The zero-order valence-electron chi connectivity index (χ0n) is 17.2. The molecule has 29 heavy (non-hydrogen) atoms. The Morgan fingerprint density at radius 2 is 1.97 bits per heavy atom. The van der Waals surface area contributed by atoms with E-state index >= 15 is 0 Å². The number of aromatic nitrogens is 1. The van der Waals surface area contributed by atoms with Crippen LogP contribution in [0.15, 0.2) is 30.3 Å². The van der Waals surface area contributed by atoms with Gasteiger partial charge in [-0.15, -0.1) is 0 Å². The number of carbonyl (C=O) groups excluding carboxylic acids is 3. The first-order chi connectivity index (χ1) is 13.9. The van der Waals surface area contributed by atoms with Gasteiger partial charge in [-0.05, 0) is 56.7 Å². The van der Waals surface area contributed by atoms with Crippen LogP contribution >= 0.6 is 0 Å². The predicted octanol–water partition coefficient (Wildman–Crippen LogP) is 3.48. The maximum atomic E-state index is 13.4. The number of hydrogen-bond acceptors (Lipinski definition) is 3. The molecule has 1 spiro atoms. The molecule has 2 aromatic rings. The van der Waals surface area contributed by atoms with Gasteiger partial charge < -0.3 is 9.88 Å². The summed E-state index contributed by atoms with van der Waals surface area (Å²) in [6.45, 7) is 6.59. The monoisotopic (exact) mass is 393 g/mol. The van der Waals surface area contributed by atoms with Gasteiger partial charge in [0.1, 0.15) is 5.54 Å². The van der Waals surface area contributed by atoms with Crippen LogP contribution in [0.2, 0.25) is 0 Å². The van der Waals surface area contributed by atoms with Crippen LogP contribution in [0.25, 0.3) is 0 Å². The van der Waals surface area contributed by atoms with E-state index in [1.54, 1.807) is 0 Å². The van der Waals surface area contributed by atoms with Crippen molar-refractivity contribution in [1.82, 2.24) is 14.8 Å². The highest BCUT2D eigenvalue weighted by molar-refractivity contribution is 6.11. The van der Waals surface area contributed by atoms with Crippen LogP contribution < -0.4 is 5.32 Å². The molecular weight excluding hydrogens is 366 g/mol. The van der Waals surface area contributed by atoms with Crippen LogP contribution in [0.4, 0.5) is 4.79 Å². The van der Waals surface area contributed by atoms with Gasteiger partial charge >= 0.3 is 6.03 Å². The quantitative estimate of drug-likeness (QED) is 0.624. The largest absolute Gasteiger partial charge is 0.348 e. The summed E-state index contributed by atoms with van der Waals surface area (Å²) in [6, 6.07) is 9.14. The molecule has 0 radical (unpaired) electrons. The van der Waals surface area contributed by atoms with Crippen LogP contribution in [-0.2, 0) is 23.3 Å². The average molecular weight is 393 g/mol. The number of nitrogens with one attached hydrogen (secondary N) is 1. The van der Waals surface area contributed by atoms with E-state index in [-0.39, 0.29) is 18.2 Å². The molecule has 1 aliphatic heterocycles. The van der Waals surface area contributed by atoms with Crippen LogP contribution in [0.1, 0.15) is 59.1 Å². The second-order valence-electron chi connectivity index (χ2n) is 8.10. The average Bonchev–Trinajstić information content (AvgIpc) is 3.12. The van der Waals surface area contributed by atoms with E-state index in [4.69, 9.17) is 0 Å². The van der Waals surface area contributed by atoms with E-state index in [1.165, 1.54) is 0 Å². The Balaban J connectivity index is 1.62. The van der Waals surface area contributed by atoms with Crippen molar-refractivity contribution in [3.05, 3.63) is 58.4 Å². The number of fused-ring (bicyclic) bond motifs is 2. The van der Waals surface area contributed by atoms with E-state index in [2.05, 4.69) is 16.8 Å². The van der Waals surface area contributed by atoms with Crippen molar-refractivity contribution < 1.29 is 14.4 Å². The molecule has 1 saturated heterocycles. The van der Waals surface area contributed by atoms with E-state index in [9.17, 15) is 14.4 Å². The molecule has 152 valence electrons. The van der Waals surface area contributed by atoms with Gasteiger partial charge in [0.15, 0.2) is 5.78 Å². The Hall–Kier alpha value is -2.89. The molecule has 1 atom stereocenters. The molecule has 1 aromatic heterocycles. The molecule has 1 aliphatic carbocycles. The van der Waals surface area contributed by atoms with Gasteiger partial charge in [-0.1, -0.05) is 31.2 Å². The Morgan fingerprint density at radius 3 is 2.72 bits per heavy atom. The molecule has 3 amide bonds. The predicted molar refractivity (Wildman–Crippen MR) is 110 cm³/mol. The number of Topliss-reactive ketones (excluding diaryl/α,β-unsaturated/α-hetero) is 1. The molecule has 6 nitrogen and oxygen atoms in total. The van der Waals surface area contributed by atoms with Crippen molar-refractivity contribution >= 4 is 17.7 Å². The fourth-order valence-electron chi connectivity index (χ4n) is 4.83. The van der Waals surface area contributed by atoms with Crippen molar-refractivity contribution in [2.24, 2.45) is 0 Å². The first-order valence-corrected chi connectivity index (χ1v) is 10.3. The third-order valence-corrected chi connectivity index (χ3v) is 6.27. The Bertz CT molecular complexity index is 1010. The second kappa shape index (κ2) is 7.17. The Kier molecular flexibility index (Phi) is 4.81. The zero-order chi connectivity index (χ0) is 20.8. The third-order valence-electron chi connectivity index (χ3n) is 6.27. The van der Waals surface area contributed by atoms with Gasteiger partial charge in [0.25, 0.3) is 5.91 Å². The van der Waals surface area contributed by atoms with Gasteiger partial charge in [0.05, 0.1) is 6.54 Å². The SMILES string of the molecule is CCCn1c(C)cc(C(=O)CN2C(=O)N[C@@]3(CCCc4ccccc43)C2=O)c1C.